The van der Waals surface area contributed by atoms with Gasteiger partial charge in [-0.1, -0.05) is 6.42 Å². The van der Waals surface area contributed by atoms with Gasteiger partial charge in [-0.3, -0.25) is 10.1 Å². The summed E-state index contributed by atoms with van der Waals surface area (Å²) in [5, 5.41) is 13.8. The summed E-state index contributed by atoms with van der Waals surface area (Å²) in [6, 6.07) is 2.55. The van der Waals surface area contributed by atoms with Crippen LogP contribution in [0.5, 0.6) is 0 Å². The summed E-state index contributed by atoms with van der Waals surface area (Å²) in [4.78, 5) is 9.94. The zero-order chi connectivity index (χ0) is 14.0. The van der Waals surface area contributed by atoms with Gasteiger partial charge in [0.1, 0.15) is 0 Å². The summed E-state index contributed by atoms with van der Waals surface area (Å²) in [6.45, 7) is 0.717. The molecule has 19 heavy (non-hydrogen) atoms. The summed E-state index contributed by atoms with van der Waals surface area (Å²) < 4.78 is 38.2. The topological polar surface area (TPSA) is 55.2 Å². The second-order valence-electron chi connectivity index (χ2n) is 4.57. The zero-order valence-corrected chi connectivity index (χ0v) is 10.0. The molecule has 7 heteroatoms. The molecule has 0 spiro atoms. The normalized spacial score (nSPS) is 20.3. The first-order valence-electron chi connectivity index (χ1n) is 5.98. The van der Waals surface area contributed by atoms with Gasteiger partial charge in [0, 0.05) is 18.2 Å². The Morgan fingerprint density at radius 3 is 2.53 bits per heavy atom. The molecule has 1 saturated heterocycles. The lowest BCUT2D eigenvalue weighted by atomic mass is 9.95. The Morgan fingerprint density at radius 2 is 2.00 bits per heavy atom. The molecule has 2 rings (SSSR count). The van der Waals surface area contributed by atoms with Gasteiger partial charge in [-0.25, -0.2) is 0 Å². The highest BCUT2D eigenvalue weighted by atomic mass is 19.4. The number of nitrogens with zero attached hydrogens (tertiary/aromatic N) is 1. The van der Waals surface area contributed by atoms with E-state index in [1.54, 1.807) is 0 Å². The van der Waals surface area contributed by atoms with E-state index in [1.807, 2.05) is 0 Å². The Kier molecular flexibility index (Phi) is 3.75. The summed E-state index contributed by atoms with van der Waals surface area (Å²) >= 11 is 0. The highest BCUT2D eigenvalue weighted by Gasteiger charge is 2.33. The first kappa shape index (κ1) is 13.8. The van der Waals surface area contributed by atoms with Crippen molar-refractivity contribution < 1.29 is 18.1 Å². The van der Waals surface area contributed by atoms with Gasteiger partial charge in [-0.2, -0.15) is 13.2 Å². The highest BCUT2D eigenvalue weighted by molar-refractivity contribution is 5.42. The van der Waals surface area contributed by atoms with Crippen molar-refractivity contribution in [2.45, 2.75) is 31.5 Å². The van der Waals surface area contributed by atoms with E-state index in [1.165, 1.54) is 6.07 Å². The largest absolute Gasteiger partial charge is 0.416 e. The Labute approximate surface area is 107 Å². The molecule has 1 aromatic rings. The molecule has 0 bridgehead atoms. The lowest BCUT2D eigenvalue weighted by molar-refractivity contribution is -0.385. The van der Waals surface area contributed by atoms with Crippen molar-refractivity contribution in [1.82, 2.24) is 5.32 Å². The van der Waals surface area contributed by atoms with Gasteiger partial charge in [0.25, 0.3) is 5.69 Å². The smallest absolute Gasteiger partial charge is 0.310 e. The number of hydrogen-bond donors (Lipinski definition) is 1. The van der Waals surface area contributed by atoms with Crippen molar-refractivity contribution in [2.75, 3.05) is 6.54 Å². The van der Waals surface area contributed by atoms with Crippen LogP contribution in [0.4, 0.5) is 18.9 Å². The molecule has 0 saturated carbocycles. The highest BCUT2D eigenvalue weighted by Crippen LogP contribution is 2.35. The number of nitro groups is 1. The number of non-ortho nitro benzene ring substituents is 1. The fourth-order valence-electron chi connectivity index (χ4n) is 2.24. The van der Waals surface area contributed by atoms with E-state index in [9.17, 15) is 23.3 Å². The summed E-state index contributed by atoms with van der Waals surface area (Å²) in [7, 11) is 0. The standard InChI is InChI=1S/C12H13F3N2O2/c13-12(14,15)9-5-8(6-10(7-9)17(18)19)11-3-1-2-4-16-11/h5-7,11,16H,1-4H2. The minimum absolute atomic E-state index is 0.241. The quantitative estimate of drug-likeness (QED) is 0.664. The third kappa shape index (κ3) is 3.23. The zero-order valence-electron chi connectivity index (χ0n) is 10.0. The van der Waals surface area contributed by atoms with Gasteiger partial charge in [0.2, 0.25) is 0 Å². The van der Waals surface area contributed by atoms with Crippen LogP contribution in [0.1, 0.15) is 36.4 Å². The number of hydrogen-bond acceptors (Lipinski definition) is 3. The second-order valence-corrected chi connectivity index (χ2v) is 4.57. The fraction of sp³-hybridized carbons (Fsp3) is 0.500. The molecule has 1 unspecified atom stereocenters. The molecule has 0 aliphatic carbocycles. The van der Waals surface area contributed by atoms with Crippen LogP contribution in [0.25, 0.3) is 0 Å². The van der Waals surface area contributed by atoms with Crippen molar-refractivity contribution in [2.24, 2.45) is 0 Å². The number of piperidine rings is 1. The van der Waals surface area contributed by atoms with E-state index in [4.69, 9.17) is 0 Å². The molecule has 1 aliphatic heterocycles. The SMILES string of the molecule is O=[N+]([O-])c1cc(C2CCCCN2)cc(C(F)(F)F)c1. The maximum Gasteiger partial charge on any atom is 0.416 e. The molecular weight excluding hydrogens is 261 g/mol. The van der Waals surface area contributed by atoms with Crippen LogP contribution in [0.3, 0.4) is 0 Å². The number of nitrogens with one attached hydrogen (secondary N) is 1. The van der Waals surface area contributed by atoms with Gasteiger partial charge in [-0.05, 0) is 31.0 Å². The number of rotatable bonds is 2. The van der Waals surface area contributed by atoms with E-state index in [0.717, 1.165) is 18.9 Å². The van der Waals surface area contributed by atoms with Crippen LogP contribution in [0.15, 0.2) is 18.2 Å². The lowest BCUT2D eigenvalue weighted by Crippen LogP contribution is -2.27. The molecule has 1 aliphatic rings. The minimum atomic E-state index is -4.57. The minimum Gasteiger partial charge on any atom is -0.310 e. The lowest BCUT2D eigenvalue weighted by Gasteiger charge is -2.24. The molecule has 1 atom stereocenters. The van der Waals surface area contributed by atoms with Crippen LogP contribution in [0, 0.1) is 10.1 Å². The third-order valence-electron chi connectivity index (χ3n) is 3.19. The Morgan fingerprint density at radius 1 is 1.26 bits per heavy atom. The number of halogens is 3. The average molecular weight is 274 g/mol. The number of alkyl halides is 3. The van der Waals surface area contributed by atoms with Crippen molar-refractivity contribution in [3.63, 3.8) is 0 Å². The van der Waals surface area contributed by atoms with Crippen molar-refractivity contribution in [3.8, 4) is 0 Å². The van der Waals surface area contributed by atoms with Crippen LogP contribution < -0.4 is 5.32 Å². The second kappa shape index (κ2) is 5.16. The Bertz CT molecular complexity index is 482. The first-order valence-corrected chi connectivity index (χ1v) is 5.98. The predicted octanol–water partition coefficient (Wildman–Crippen LogP) is 3.43. The molecule has 104 valence electrons. The van der Waals surface area contributed by atoms with E-state index in [0.29, 0.717) is 24.6 Å². The summed E-state index contributed by atoms with van der Waals surface area (Å²) in [5.41, 5.74) is -1.15. The Hall–Kier alpha value is -1.63. The van der Waals surface area contributed by atoms with E-state index >= 15 is 0 Å². The van der Waals surface area contributed by atoms with Crippen molar-refractivity contribution in [1.29, 1.82) is 0 Å². The Balaban J connectivity index is 2.41. The number of benzene rings is 1. The van der Waals surface area contributed by atoms with Gasteiger partial charge in [-0.15, -0.1) is 0 Å². The van der Waals surface area contributed by atoms with Gasteiger partial charge >= 0.3 is 6.18 Å². The van der Waals surface area contributed by atoms with Crippen LogP contribution in [-0.4, -0.2) is 11.5 Å². The van der Waals surface area contributed by atoms with E-state index in [2.05, 4.69) is 5.32 Å². The molecule has 1 fully saturated rings. The predicted molar refractivity (Wildman–Crippen MR) is 62.7 cm³/mol. The monoisotopic (exact) mass is 274 g/mol. The molecule has 0 aromatic heterocycles. The summed E-state index contributed by atoms with van der Waals surface area (Å²) in [5.74, 6) is 0. The molecule has 0 amide bonds. The molecule has 0 radical (unpaired) electrons. The average Bonchev–Trinajstić information content (AvgIpc) is 2.38. The van der Waals surface area contributed by atoms with Crippen molar-refractivity contribution in [3.05, 3.63) is 39.4 Å². The maximum atomic E-state index is 12.7. The van der Waals surface area contributed by atoms with Gasteiger partial charge in [0.15, 0.2) is 0 Å². The fourth-order valence-corrected chi connectivity index (χ4v) is 2.24. The van der Waals surface area contributed by atoms with Crippen LogP contribution in [-0.2, 0) is 6.18 Å². The molecule has 1 heterocycles. The van der Waals surface area contributed by atoms with Crippen molar-refractivity contribution >= 4 is 5.69 Å². The van der Waals surface area contributed by atoms with Crippen LogP contribution in [0.2, 0.25) is 0 Å². The molecular formula is C12H13F3N2O2. The third-order valence-corrected chi connectivity index (χ3v) is 3.19. The summed E-state index contributed by atoms with van der Waals surface area (Å²) in [6.07, 6.45) is -2.01. The molecule has 4 nitrogen and oxygen atoms in total. The number of nitro benzene ring substituents is 1. The van der Waals surface area contributed by atoms with Gasteiger partial charge in [0.05, 0.1) is 10.5 Å². The molecule has 1 N–H and O–H groups in total. The maximum absolute atomic E-state index is 12.7. The molecule has 1 aromatic carbocycles. The first-order chi connectivity index (χ1) is 8.88. The van der Waals surface area contributed by atoms with Crippen LogP contribution >= 0.6 is 0 Å². The van der Waals surface area contributed by atoms with Gasteiger partial charge < -0.3 is 5.32 Å². The van der Waals surface area contributed by atoms with E-state index < -0.39 is 22.4 Å². The van der Waals surface area contributed by atoms with E-state index in [-0.39, 0.29) is 6.04 Å².